The van der Waals surface area contributed by atoms with Crippen molar-refractivity contribution < 1.29 is 4.21 Å². The molecule has 14 heavy (non-hydrogen) atoms. The van der Waals surface area contributed by atoms with E-state index in [0.29, 0.717) is 17.2 Å². The largest absolute Gasteiger partial charge is 0.317 e. The van der Waals surface area contributed by atoms with Crippen LogP contribution in [0.1, 0.15) is 41.0 Å². The zero-order valence-electron chi connectivity index (χ0n) is 10.3. The fourth-order valence-electron chi connectivity index (χ4n) is 1.35. The monoisotopic (exact) mass is 219 g/mol. The summed E-state index contributed by atoms with van der Waals surface area (Å²) in [6, 6.07) is 0.452. The first-order valence-corrected chi connectivity index (χ1v) is 6.74. The van der Waals surface area contributed by atoms with Gasteiger partial charge in [0.05, 0.1) is 0 Å². The Labute approximate surface area is 91.3 Å². The van der Waals surface area contributed by atoms with Gasteiger partial charge in [-0.1, -0.05) is 27.7 Å². The molecule has 4 unspecified atom stereocenters. The van der Waals surface area contributed by atoms with E-state index in [2.05, 4.69) is 39.9 Å². The molecule has 4 atom stereocenters. The minimum atomic E-state index is -0.702. The van der Waals surface area contributed by atoms with Gasteiger partial charge in [0.1, 0.15) is 0 Å². The van der Waals surface area contributed by atoms with Crippen LogP contribution in [0.3, 0.4) is 0 Å². The second-order valence-corrected chi connectivity index (χ2v) is 6.72. The van der Waals surface area contributed by atoms with Gasteiger partial charge in [0, 0.05) is 27.3 Å². The van der Waals surface area contributed by atoms with E-state index in [1.54, 1.807) is 0 Å². The van der Waals surface area contributed by atoms with Crippen LogP contribution >= 0.6 is 0 Å². The number of hydrogen-bond donors (Lipinski definition) is 1. The lowest BCUT2D eigenvalue weighted by atomic mass is 10.1. The molecule has 0 aliphatic heterocycles. The maximum absolute atomic E-state index is 12.0. The predicted molar refractivity (Wildman–Crippen MR) is 65.0 cm³/mol. The van der Waals surface area contributed by atoms with E-state index in [0.717, 1.165) is 6.42 Å². The van der Waals surface area contributed by atoms with Gasteiger partial charge in [-0.2, -0.15) is 0 Å². The van der Waals surface area contributed by atoms with Crippen molar-refractivity contribution in [1.29, 1.82) is 0 Å². The van der Waals surface area contributed by atoms with E-state index in [-0.39, 0.29) is 5.25 Å². The van der Waals surface area contributed by atoms with Crippen molar-refractivity contribution in [2.75, 3.05) is 7.05 Å². The summed E-state index contributed by atoms with van der Waals surface area (Å²) in [5.41, 5.74) is 0. The normalized spacial score (nSPS) is 20.5. The van der Waals surface area contributed by atoms with Crippen LogP contribution in [0.2, 0.25) is 0 Å². The first-order valence-electron chi connectivity index (χ1n) is 5.46. The van der Waals surface area contributed by atoms with E-state index < -0.39 is 10.8 Å². The minimum absolute atomic E-state index is 0.287. The Kier molecular flexibility index (Phi) is 6.62. The number of hydrogen-bond acceptors (Lipinski definition) is 2. The Balaban J connectivity index is 4.11. The summed E-state index contributed by atoms with van der Waals surface area (Å²) < 4.78 is 12.0. The number of rotatable bonds is 6. The standard InChI is InChI=1S/C11H25NOS/c1-8(2)11(5)14(13)10(4)7-9(3)12-6/h8-12H,7H2,1-6H3. The molecule has 0 radical (unpaired) electrons. The van der Waals surface area contributed by atoms with Gasteiger partial charge < -0.3 is 5.32 Å². The zero-order chi connectivity index (χ0) is 11.3. The highest BCUT2D eigenvalue weighted by atomic mass is 32.2. The molecule has 3 heteroatoms. The topological polar surface area (TPSA) is 29.1 Å². The van der Waals surface area contributed by atoms with Gasteiger partial charge in [-0.15, -0.1) is 0 Å². The van der Waals surface area contributed by atoms with Crippen LogP contribution in [0.25, 0.3) is 0 Å². The van der Waals surface area contributed by atoms with Crippen LogP contribution < -0.4 is 5.32 Å². The molecule has 0 aromatic carbocycles. The highest BCUT2D eigenvalue weighted by Gasteiger charge is 2.21. The lowest BCUT2D eigenvalue weighted by Crippen LogP contribution is -2.32. The summed E-state index contributed by atoms with van der Waals surface area (Å²) in [6.07, 6.45) is 0.986. The third kappa shape index (κ3) is 4.56. The van der Waals surface area contributed by atoms with Gasteiger partial charge in [0.15, 0.2) is 0 Å². The molecule has 0 aromatic rings. The Bertz CT molecular complexity index is 182. The zero-order valence-corrected chi connectivity index (χ0v) is 11.1. The molecule has 0 aliphatic carbocycles. The molecule has 86 valence electrons. The summed E-state index contributed by atoms with van der Waals surface area (Å²) in [6.45, 7) is 10.6. The molecule has 0 heterocycles. The fraction of sp³-hybridized carbons (Fsp3) is 1.00. The third-order valence-electron chi connectivity index (χ3n) is 2.88. The van der Waals surface area contributed by atoms with Crippen molar-refractivity contribution in [3.05, 3.63) is 0 Å². The smallest absolute Gasteiger partial charge is 0.0345 e. The van der Waals surface area contributed by atoms with Crippen molar-refractivity contribution >= 4 is 10.8 Å². The average Bonchev–Trinajstić information content (AvgIpc) is 2.14. The van der Waals surface area contributed by atoms with E-state index >= 15 is 0 Å². The van der Waals surface area contributed by atoms with E-state index in [1.807, 2.05) is 7.05 Å². The van der Waals surface area contributed by atoms with E-state index in [1.165, 1.54) is 0 Å². The number of nitrogens with one attached hydrogen (secondary N) is 1. The van der Waals surface area contributed by atoms with Crippen molar-refractivity contribution in [1.82, 2.24) is 5.32 Å². The molecule has 0 spiro atoms. The molecule has 0 aromatic heterocycles. The van der Waals surface area contributed by atoms with Gasteiger partial charge in [0.2, 0.25) is 0 Å². The van der Waals surface area contributed by atoms with E-state index in [9.17, 15) is 4.21 Å². The predicted octanol–water partition coefficient (Wildman–Crippen LogP) is 2.17. The lowest BCUT2D eigenvalue weighted by molar-refractivity contribution is 0.543. The Morgan fingerprint density at radius 2 is 1.64 bits per heavy atom. The van der Waals surface area contributed by atoms with Gasteiger partial charge in [-0.05, 0) is 26.3 Å². The molecule has 0 bridgehead atoms. The quantitative estimate of drug-likeness (QED) is 0.742. The minimum Gasteiger partial charge on any atom is -0.317 e. The van der Waals surface area contributed by atoms with Gasteiger partial charge in [-0.25, -0.2) is 0 Å². The second-order valence-electron chi connectivity index (χ2n) is 4.51. The van der Waals surface area contributed by atoms with E-state index in [4.69, 9.17) is 0 Å². The highest BCUT2D eigenvalue weighted by Crippen LogP contribution is 2.15. The molecular formula is C11H25NOS. The SMILES string of the molecule is CNC(C)CC(C)S(=O)C(C)C(C)C. The van der Waals surface area contributed by atoms with Crippen LogP contribution in [0.15, 0.2) is 0 Å². The highest BCUT2D eigenvalue weighted by molar-refractivity contribution is 7.86. The summed E-state index contributed by atoms with van der Waals surface area (Å²) in [4.78, 5) is 0. The van der Waals surface area contributed by atoms with Crippen LogP contribution in [-0.2, 0) is 10.8 Å². The molecule has 0 fully saturated rings. The maximum atomic E-state index is 12.0. The summed E-state index contributed by atoms with van der Waals surface area (Å²) in [5, 5.41) is 3.77. The fourth-order valence-corrected chi connectivity index (χ4v) is 3.09. The summed E-state index contributed by atoms with van der Waals surface area (Å²) in [7, 11) is 1.25. The molecule has 0 amide bonds. The van der Waals surface area contributed by atoms with Gasteiger partial charge in [0.25, 0.3) is 0 Å². The molecule has 1 N–H and O–H groups in total. The third-order valence-corrected chi connectivity index (χ3v) is 5.14. The summed E-state index contributed by atoms with van der Waals surface area (Å²) >= 11 is 0. The molecule has 0 saturated carbocycles. The Morgan fingerprint density at radius 1 is 1.14 bits per heavy atom. The van der Waals surface area contributed by atoms with Crippen LogP contribution in [0, 0.1) is 5.92 Å². The summed E-state index contributed by atoms with van der Waals surface area (Å²) in [5.74, 6) is 0.503. The first kappa shape index (κ1) is 14.1. The molecular weight excluding hydrogens is 194 g/mol. The lowest BCUT2D eigenvalue weighted by Gasteiger charge is -2.22. The molecule has 0 saturated heterocycles. The van der Waals surface area contributed by atoms with Crippen molar-refractivity contribution in [3.8, 4) is 0 Å². The van der Waals surface area contributed by atoms with Crippen LogP contribution in [0.5, 0.6) is 0 Å². The maximum Gasteiger partial charge on any atom is 0.0345 e. The van der Waals surface area contributed by atoms with Crippen LogP contribution in [-0.4, -0.2) is 27.8 Å². The van der Waals surface area contributed by atoms with Crippen LogP contribution in [0.4, 0.5) is 0 Å². The van der Waals surface area contributed by atoms with Gasteiger partial charge >= 0.3 is 0 Å². The Morgan fingerprint density at radius 3 is 2.00 bits per heavy atom. The van der Waals surface area contributed by atoms with Crippen molar-refractivity contribution in [2.45, 2.75) is 57.6 Å². The van der Waals surface area contributed by atoms with Gasteiger partial charge in [-0.3, -0.25) is 4.21 Å². The first-order chi connectivity index (χ1) is 6.40. The van der Waals surface area contributed by atoms with Crippen molar-refractivity contribution in [3.63, 3.8) is 0 Å². The second kappa shape index (κ2) is 6.57. The molecule has 0 rings (SSSR count). The molecule has 0 aliphatic rings. The average molecular weight is 219 g/mol. The molecule has 2 nitrogen and oxygen atoms in total. The van der Waals surface area contributed by atoms with Crippen molar-refractivity contribution in [2.24, 2.45) is 5.92 Å². The Hall–Kier alpha value is 0.110.